The van der Waals surface area contributed by atoms with Crippen molar-refractivity contribution in [3.63, 3.8) is 0 Å². The van der Waals surface area contributed by atoms with Gasteiger partial charge in [0, 0.05) is 12.3 Å². The Kier molecular flexibility index (Phi) is 4.73. The summed E-state index contributed by atoms with van der Waals surface area (Å²) in [6, 6.07) is 0. The van der Waals surface area contributed by atoms with Crippen LogP contribution in [-0.2, 0) is 14.3 Å². The lowest BCUT2D eigenvalue weighted by Gasteiger charge is -2.60. The average Bonchev–Trinajstić information content (AvgIpc) is 2.97. The van der Waals surface area contributed by atoms with Crippen molar-refractivity contribution < 1.29 is 19.4 Å². The fraction of sp³-hybridized carbons (Fsp3) is 0.913. The minimum Gasteiger partial charge on any atom is -0.469 e. The number of hydrogen-bond acceptors (Lipinski definition) is 4. The topological polar surface area (TPSA) is 63.6 Å². The number of ether oxygens (including phenoxy) is 1. The van der Waals surface area contributed by atoms with Gasteiger partial charge in [-0.05, 0) is 79.4 Å². The number of fused-ring (bicyclic) bond motifs is 5. The number of esters is 1. The molecule has 0 unspecified atom stereocenters. The van der Waals surface area contributed by atoms with Gasteiger partial charge in [0.1, 0.15) is 5.78 Å². The zero-order valence-corrected chi connectivity index (χ0v) is 17.4. The molecule has 4 aliphatic carbocycles. The Morgan fingerprint density at radius 2 is 1.89 bits per heavy atom. The fourth-order valence-electron chi connectivity index (χ4n) is 8.26. The second kappa shape index (κ2) is 6.57. The first-order valence-electron chi connectivity index (χ1n) is 11.0. The molecule has 0 bridgehead atoms. The molecule has 4 heteroatoms. The van der Waals surface area contributed by atoms with Crippen molar-refractivity contribution in [2.75, 3.05) is 7.11 Å². The summed E-state index contributed by atoms with van der Waals surface area (Å²) in [6.07, 6.45) is 7.57. The van der Waals surface area contributed by atoms with Gasteiger partial charge in [0.15, 0.2) is 0 Å². The molecule has 0 amide bonds. The molecule has 1 N–H and O–H groups in total. The summed E-state index contributed by atoms with van der Waals surface area (Å²) in [5, 5.41) is 10.2. The summed E-state index contributed by atoms with van der Waals surface area (Å²) in [7, 11) is 1.47. The molecule has 0 saturated heterocycles. The van der Waals surface area contributed by atoms with Crippen LogP contribution in [0.3, 0.4) is 0 Å². The lowest BCUT2D eigenvalue weighted by molar-refractivity contribution is -0.165. The summed E-state index contributed by atoms with van der Waals surface area (Å²) in [5.41, 5.74) is -0.00412. The zero-order valence-electron chi connectivity index (χ0n) is 17.4. The summed E-state index contributed by atoms with van der Waals surface area (Å²) >= 11 is 0. The zero-order chi connectivity index (χ0) is 19.6. The monoisotopic (exact) mass is 376 g/mol. The summed E-state index contributed by atoms with van der Waals surface area (Å²) in [6.45, 7) is 6.60. The highest BCUT2D eigenvalue weighted by atomic mass is 16.5. The Labute approximate surface area is 163 Å². The van der Waals surface area contributed by atoms with Crippen molar-refractivity contribution >= 4 is 11.8 Å². The lowest BCUT2D eigenvalue weighted by atomic mass is 9.44. The number of Topliss-reactive ketones (excluding diaryl/α,β-unsaturated/α-hetero) is 1. The van der Waals surface area contributed by atoms with Crippen LogP contribution in [0.1, 0.15) is 72.1 Å². The van der Waals surface area contributed by atoms with E-state index in [0.717, 1.165) is 44.9 Å². The lowest BCUT2D eigenvalue weighted by Crippen LogP contribution is -2.58. The molecule has 4 aliphatic rings. The second-order valence-electron chi connectivity index (χ2n) is 10.6. The summed E-state index contributed by atoms with van der Waals surface area (Å²) < 4.78 is 5.03. The van der Waals surface area contributed by atoms with Crippen LogP contribution in [0.4, 0.5) is 0 Å². The van der Waals surface area contributed by atoms with Gasteiger partial charge in [-0.25, -0.2) is 0 Å². The van der Waals surface area contributed by atoms with Gasteiger partial charge in [-0.1, -0.05) is 20.8 Å². The van der Waals surface area contributed by atoms with E-state index in [0.29, 0.717) is 30.0 Å². The third kappa shape index (κ3) is 2.73. The molecule has 0 spiro atoms. The van der Waals surface area contributed by atoms with E-state index in [9.17, 15) is 14.7 Å². The molecule has 27 heavy (non-hydrogen) atoms. The van der Waals surface area contributed by atoms with E-state index in [1.165, 1.54) is 7.11 Å². The van der Waals surface area contributed by atoms with Crippen LogP contribution >= 0.6 is 0 Å². The molecule has 0 heterocycles. The molecule has 0 aromatic rings. The van der Waals surface area contributed by atoms with Crippen molar-refractivity contribution in [1.82, 2.24) is 0 Å². The van der Waals surface area contributed by atoms with Crippen molar-refractivity contribution in [3.8, 4) is 0 Å². The highest BCUT2D eigenvalue weighted by Gasteiger charge is 2.64. The number of carbonyl (C=O) groups is 2. The Bertz CT molecular complexity index is 630. The SMILES string of the molecule is COC(=O)[C@@H](C)[C@@H]1CC[C@@H]2[C@@H]3CC[C@@H]4C[C@H](O)CC[C@]4(C)[C@H]3C(=O)C[C@@]21C. The van der Waals surface area contributed by atoms with Gasteiger partial charge in [-0.15, -0.1) is 0 Å². The number of hydrogen-bond donors (Lipinski definition) is 1. The third-order valence-corrected chi connectivity index (χ3v) is 9.57. The molecular formula is C23H36O4. The van der Waals surface area contributed by atoms with Gasteiger partial charge >= 0.3 is 5.97 Å². The molecule has 152 valence electrons. The molecule has 4 saturated carbocycles. The fourth-order valence-corrected chi connectivity index (χ4v) is 8.26. The minimum atomic E-state index is -0.180. The maximum absolute atomic E-state index is 13.5. The Morgan fingerprint density at radius 3 is 2.59 bits per heavy atom. The Balaban J connectivity index is 1.63. The van der Waals surface area contributed by atoms with E-state index in [2.05, 4.69) is 13.8 Å². The van der Waals surface area contributed by atoms with Gasteiger partial charge in [-0.3, -0.25) is 9.59 Å². The van der Waals surface area contributed by atoms with E-state index in [1.54, 1.807) is 0 Å². The molecule has 4 fully saturated rings. The highest BCUT2D eigenvalue weighted by molar-refractivity contribution is 5.84. The standard InChI is InChI=1S/C23H36O4/c1-13(21(26)27-4)17-7-8-18-16-6-5-14-11-15(24)9-10-22(14,2)20(16)19(25)12-23(17,18)3/h13-18,20,24H,5-12H2,1-4H3/t13-,14+,15+,16-,17-,18+,20+,22-,23+/m0/s1. The predicted molar refractivity (Wildman–Crippen MR) is 103 cm³/mol. The van der Waals surface area contributed by atoms with Gasteiger partial charge in [0.25, 0.3) is 0 Å². The predicted octanol–water partition coefficient (Wildman–Crippen LogP) is 3.99. The van der Waals surface area contributed by atoms with Gasteiger partial charge in [0.05, 0.1) is 19.1 Å². The van der Waals surface area contributed by atoms with Crippen molar-refractivity contribution in [2.24, 2.45) is 46.3 Å². The number of aliphatic hydroxyl groups excluding tert-OH is 1. The Morgan fingerprint density at radius 1 is 1.15 bits per heavy atom. The number of rotatable bonds is 2. The van der Waals surface area contributed by atoms with E-state index < -0.39 is 0 Å². The molecule has 4 rings (SSSR count). The molecule has 0 radical (unpaired) electrons. The molecular weight excluding hydrogens is 340 g/mol. The normalized spacial score (nSPS) is 50.3. The van der Waals surface area contributed by atoms with Crippen LogP contribution in [0.5, 0.6) is 0 Å². The number of carbonyl (C=O) groups excluding carboxylic acids is 2. The molecule has 0 aromatic carbocycles. The Hall–Kier alpha value is -0.900. The van der Waals surface area contributed by atoms with Crippen molar-refractivity contribution in [1.29, 1.82) is 0 Å². The maximum atomic E-state index is 13.5. The molecule has 0 aromatic heterocycles. The first kappa shape index (κ1) is 19.4. The first-order chi connectivity index (χ1) is 12.7. The van der Waals surface area contributed by atoms with E-state index in [4.69, 9.17) is 4.74 Å². The van der Waals surface area contributed by atoms with Gasteiger partial charge in [0.2, 0.25) is 0 Å². The third-order valence-electron chi connectivity index (χ3n) is 9.57. The number of aliphatic hydroxyl groups is 1. The van der Waals surface area contributed by atoms with Crippen LogP contribution in [0.2, 0.25) is 0 Å². The van der Waals surface area contributed by atoms with Crippen LogP contribution < -0.4 is 0 Å². The minimum absolute atomic E-state index is 0.0621. The summed E-state index contributed by atoms with van der Waals surface area (Å²) in [5.74, 6) is 2.07. The summed E-state index contributed by atoms with van der Waals surface area (Å²) in [4.78, 5) is 25.8. The van der Waals surface area contributed by atoms with E-state index >= 15 is 0 Å². The largest absolute Gasteiger partial charge is 0.469 e. The smallest absolute Gasteiger partial charge is 0.308 e. The van der Waals surface area contributed by atoms with Gasteiger partial charge < -0.3 is 9.84 Å². The van der Waals surface area contributed by atoms with Gasteiger partial charge in [-0.2, -0.15) is 0 Å². The van der Waals surface area contributed by atoms with E-state index in [-0.39, 0.29) is 40.7 Å². The highest BCUT2D eigenvalue weighted by Crippen LogP contribution is 2.67. The van der Waals surface area contributed by atoms with Crippen LogP contribution in [-0.4, -0.2) is 30.1 Å². The first-order valence-corrected chi connectivity index (χ1v) is 11.0. The molecule has 4 nitrogen and oxygen atoms in total. The van der Waals surface area contributed by atoms with Crippen molar-refractivity contribution in [3.05, 3.63) is 0 Å². The number of ketones is 1. The average molecular weight is 377 g/mol. The van der Waals surface area contributed by atoms with Crippen LogP contribution in [0, 0.1) is 46.3 Å². The van der Waals surface area contributed by atoms with Crippen LogP contribution in [0.15, 0.2) is 0 Å². The maximum Gasteiger partial charge on any atom is 0.308 e. The van der Waals surface area contributed by atoms with E-state index in [1.807, 2.05) is 6.92 Å². The van der Waals surface area contributed by atoms with Crippen molar-refractivity contribution in [2.45, 2.75) is 78.2 Å². The number of methoxy groups -OCH3 is 1. The molecule has 9 atom stereocenters. The second-order valence-corrected chi connectivity index (χ2v) is 10.6. The molecule has 0 aliphatic heterocycles. The quantitative estimate of drug-likeness (QED) is 0.740. The van der Waals surface area contributed by atoms with Crippen LogP contribution in [0.25, 0.3) is 0 Å².